The van der Waals surface area contributed by atoms with E-state index < -0.39 is 6.09 Å². The molecule has 3 aromatic heterocycles. The molecule has 0 aliphatic carbocycles. The maximum Gasteiger partial charge on any atom is 0.414 e. The third kappa shape index (κ3) is 5.79. The van der Waals surface area contributed by atoms with Gasteiger partial charge in [0.25, 0.3) is 0 Å². The zero-order valence-electron chi connectivity index (χ0n) is 18.4. The van der Waals surface area contributed by atoms with Crippen molar-refractivity contribution in [2.75, 3.05) is 33.5 Å². The Bertz CT molecular complexity index is 1250. The molecule has 0 radical (unpaired) electrons. The van der Waals surface area contributed by atoms with Gasteiger partial charge in [0.05, 0.1) is 25.6 Å². The van der Waals surface area contributed by atoms with Gasteiger partial charge in [-0.3, -0.25) is 0 Å². The summed E-state index contributed by atoms with van der Waals surface area (Å²) < 4.78 is 17.1. The van der Waals surface area contributed by atoms with Gasteiger partial charge in [-0.15, -0.1) is 15.3 Å². The molecule has 0 spiro atoms. The summed E-state index contributed by atoms with van der Waals surface area (Å²) in [5.74, 6) is 1.78. The molecule has 0 aliphatic heterocycles. The van der Waals surface area contributed by atoms with E-state index in [1.807, 2.05) is 24.3 Å². The Kier molecular flexibility index (Phi) is 7.53. The van der Waals surface area contributed by atoms with Crippen molar-refractivity contribution in [1.82, 2.24) is 35.1 Å². The summed E-state index contributed by atoms with van der Waals surface area (Å²) in [6.07, 6.45) is 2.97. The van der Waals surface area contributed by atoms with Gasteiger partial charge in [-0.05, 0) is 17.7 Å². The average molecular weight is 465 g/mol. The number of amides is 1. The van der Waals surface area contributed by atoms with Crippen LogP contribution in [0.15, 0.2) is 48.8 Å². The molecule has 0 aliphatic rings. The summed E-state index contributed by atoms with van der Waals surface area (Å²) in [5.41, 5.74) is 2.30. The molecule has 4 rings (SSSR count). The summed E-state index contributed by atoms with van der Waals surface area (Å²) in [6, 6.07) is 10.9. The lowest BCUT2D eigenvalue weighted by atomic mass is 10.1. The summed E-state index contributed by atoms with van der Waals surface area (Å²) in [7, 11) is 1.61. The Hall–Kier alpha value is -4.16. The van der Waals surface area contributed by atoms with Crippen LogP contribution in [0.4, 0.5) is 4.79 Å². The number of ether oxygens (including phenoxy) is 3. The number of benzene rings is 1. The Morgan fingerprint density at radius 3 is 2.76 bits per heavy atom. The van der Waals surface area contributed by atoms with E-state index in [-0.39, 0.29) is 19.0 Å². The smallest absolute Gasteiger partial charge is 0.414 e. The summed E-state index contributed by atoms with van der Waals surface area (Å²) in [5, 5.41) is 23.8. The molecule has 0 saturated carbocycles. The molecule has 1 aromatic carbocycles. The summed E-state index contributed by atoms with van der Waals surface area (Å²) in [6.45, 7) is 0.811. The van der Waals surface area contributed by atoms with E-state index in [1.54, 1.807) is 25.6 Å². The first-order chi connectivity index (χ1) is 16.7. The number of aromatic nitrogens is 6. The lowest BCUT2D eigenvalue weighted by molar-refractivity contribution is 0.146. The molecular formula is C22H23N7O5. The normalized spacial score (nSPS) is 10.9. The summed E-state index contributed by atoms with van der Waals surface area (Å²) in [4.78, 5) is 20.5. The van der Waals surface area contributed by atoms with Gasteiger partial charge in [0.2, 0.25) is 5.88 Å². The second-order valence-electron chi connectivity index (χ2n) is 7.06. The zero-order chi connectivity index (χ0) is 23.8. The highest BCUT2D eigenvalue weighted by atomic mass is 16.6. The molecule has 0 bridgehead atoms. The van der Waals surface area contributed by atoms with Crippen molar-refractivity contribution in [3.05, 3.63) is 60.2 Å². The largest absolute Gasteiger partial charge is 0.488 e. The predicted octanol–water partition coefficient (Wildman–Crippen LogP) is 1.28. The maximum atomic E-state index is 11.7. The molecule has 12 heteroatoms. The second kappa shape index (κ2) is 11.1. The molecule has 0 atom stereocenters. The second-order valence-corrected chi connectivity index (χ2v) is 7.06. The Labute approximate surface area is 194 Å². The minimum absolute atomic E-state index is 0.0824. The lowest BCUT2D eigenvalue weighted by Gasteiger charge is -2.07. The number of carbonyl (C=O) groups is 1. The molecule has 4 aromatic rings. The topological polar surface area (TPSA) is 146 Å². The first-order valence-electron chi connectivity index (χ1n) is 10.5. The van der Waals surface area contributed by atoms with Gasteiger partial charge in [0.15, 0.2) is 23.0 Å². The van der Waals surface area contributed by atoms with Crippen molar-refractivity contribution in [3.8, 4) is 23.0 Å². The average Bonchev–Trinajstić information content (AvgIpc) is 3.25. The number of nitrogens with zero attached hydrogens (tertiary/aromatic N) is 6. The van der Waals surface area contributed by atoms with Crippen LogP contribution in [0.25, 0.3) is 17.0 Å². The molecule has 176 valence electrons. The van der Waals surface area contributed by atoms with E-state index in [0.717, 1.165) is 11.1 Å². The number of methoxy groups -OCH3 is 1. The number of nitrogens with one attached hydrogen (secondary N) is 1. The van der Waals surface area contributed by atoms with Crippen LogP contribution in [-0.2, 0) is 11.2 Å². The van der Waals surface area contributed by atoms with Crippen LogP contribution in [-0.4, -0.2) is 74.5 Å². The van der Waals surface area contributed by atoms with Gasteiger partial charge >= 0.3 is 6.09 Å². The third-order valence-corrected chi connectivity index (χ3v) is 4.61. The first kappa shape index (κ1) is 23.0. The molecule has 2 N–H and O–H groups in total. The van der Waals surface area contributed by atoms with E-state index >= 15 is 0 Å². The number of hydrogen-bond acceptors (Lipinski definition) is 10. The third-order valence-electron chi connectivity index (χ3n) is 4.61. The van der Waals surface area contributed by atoms with Gasteiger partial charge in [-0.2, -0.15) is 4.52 Å². The van der Waals surface area contributed by atoms with E-state index in [0.29, 0.717) is 42.7 Å². The van der Waals surface area contributed by atoms with Gasteiger partial charge in [0, 0.05) is 31.7 Å². The fourth-order valence-corrected chi connectivity index (χ4v) is 3.06. The van der Waals surface area contributed by atoms with Gasteiger partial charge in [0.1, 0.15) is 6.61 Å². The SMILES string of the molecule is COCCOc1cnc(-c2cccc(Cc3nnc4ccc(OC(=O)NCCO)nn34)c2)nc1. The molecule has 0 saturated heterocycles. The molecule has 1 amide bonds. The lowest BCUT2D eigenvalue weighted by Crippen LogP contribution is -2.29. The van der Waals surface area contributed by atoms with Crippen molar-refractivity contribution in [2.45, 2.75) is 6.42 Å². The maximum absolute atomic E-state index is 11.7. The number of aliphatic hydroxyl groups is 1. The van der Waals surface area contributed by atoms with Crippen LogP contribution < -0.4 is 14.8 Å². The summed E-state index contributed by atoms with van der Waals surface area (Å²) >= 11 is 0. The van der Waals surface area contributed by atoms with Crippen LogP contribution in [0.5, 0.6) is 11.6 Å². The van der Waals surface area contributed by atoms with Crippen LogP contribution in [0.3, 0.4) is 0 Å². The fourth-order valence-electron chi connectivity index (χ4n) is 3.06. The number of fused-ring (bicyclic) bond motifs is 1. The van der Waals surface area contributed by atoms with Gasteiger partial charge < -0.3 is 24.6 Å². The highest BCUT2D eigenvalue weighted by molar-refractivity contribution is 5.69. The van der Waals surface area contributed by atoms with E-state index in [2.05, 4.69) is 30.6 Å². The fraction of sp³-hybridized carbons (Fsp3) is 0.273. The number of rotatable bonds is 10. The zero-order valence-corrected chi connectivity index (χ0v) is 18.4. The van der Waals surface area contributed by atoms with Crippen LogP contribution >= 0.6 is 0 Å². The Balaban J connectivity index is 1.48. The van der Waals surface area contributed by atoms with Crippen molar-refractivity contribution in [3.63, 3.8) is 0 Å². The molecule has 0 fully saturated rings. The van der Waals surface area contributed by atoms with Crippen LogP contribution in [0, 0.1) is 0 Å². The number of aliphatic hydroxyl groups excluding tert-OH is 1. The van der Waals surface area contributed by atoms with E-state index in [1.165, 1.54) is 10.6 Å². The molecule has 3 heterocycles. The van der Waals surface area contributed by atoms with Crippen LogP contribution in [0.1, 0.15) is 11.4 Å². The van der Waals surface area contributed by atoms with Crippen LogP contribution in [0.2, 0.25) is 0 Å². The van der Waals surface area contributed by atoms with Gasteiger partial charge in [-0.1, -0.05) is 18.2 Å². The molecule has 12 nitrogen and oxygen atoms in total. The Morgan fingerprint density at radius 1 is 1.12 bits per heavy atom. The van der Waals surface area contributed by atoms with Crippen molar-refractivity contribution in [1.29, 1.82) is 0 Å². The quantitative estimate of drug-likeness (QED) is 0.328. The van der Waals surface area contributed by atoms with Crippen molar-refractivity contribution >= 4 is 11.7 Å². The van der Waals surface area contributed by atoms with E-state index in [9.17, 15) is 4.79 Å². The minimum Gasteiger partial charge on any atom is -0.488 e. The molecular weight excluding hydrogens is 442 g/mol. The highest BCUT2D eigenvalue weighted by Gasteiger charge is 2.12. The standard InChI is InChI=1S/C22H23N7O5/c1-32-9-10-33-17-13-24-21(25-14-17)16-4-2-3-15(11-16)12-19-27-26-18-5-6-20(28-29(18)19)34-22(31)23-7-8-30/h2-6,11,13-14,30H,7-10,12H2,1H3,(H,23,31). The van der Waals surface area contributed by atoms with E-state index in [4.69, 9.17) is 19.3 Å². The Morgan fingerprint density at radius 2 is 1.97 bits per heavy atom. The van der Waals surface area contributed by atoms with Crippen molar-refractivity contribution < 1.29 is 24.1 Å². The number of hydrogen-bond donors (Lipinski definition) is 2. The molecule has 0 unspecified atom stereocenters. The first-order valence-corrected chi connectivity index (χ1v) is 10.5. The number of carbonyl (C=O) groups excluding carboxylic acids is 1. The van der Waals surface area contributed by atoms with Gasteiger partial charge in [-0.25, -0.2) is 14.8 Å². The van der Waals surface area contributed by atoms with Crippen molar-refractivity contribution in [2.24, 2.45) is 0 Å². The highest BCUT2D eigenvalue weighted by Crippen LogP contribution is 2.20. The molecule has 34 heavy (non-hydrogen) atoms. The predicted molar refractivity (Wildman–Crippen MR) is 120 cm³/mol. The monoisotopic (exact) mass is 465 g/mol. The minimum atomic E-state index is -0.710.